The maximum atomic E-state index is 4.58. The number of rotatable bonds is 1. The van der Waals surface area contributed by atoms with Crippen LogP contribution in [-0.2, 0) is 6.42 Å². The first kappa shape index (κ1) is 14.4. The number of fused-ring (bicyclic) bond motifs is 1. The molecule has 0 fully saturated rings. The molecule has 0 atom stereocenters. The zero-order valence-electron chi connectivity index (χ0n) is 9.34. The Labute approximate surface area is 98.3 Å². The van der Waals surface area contributed by atoms with Crippen molar-refractivity contribution in [2.75, 3.05) is 6.54 Å². The van der Waals surface area contributed by atoms with E-state index in [-0.39, 0.29) is 7.43 Å². The molecular formula is C13H23NS. The predicted molar refractivity (Wildman–Crippen MR) is 72.4 cm³/mol. The second-order valence-corrected chi connectivity index (χ2v) is 4.04. The Bertz CT molecular complexity index is 299. The van der Waals surface area contributed by atoms with E-state index in [2.05, 4.69) is 23.4 Å². The lowest BCUT2D eigenvalue weighted by atomic mass is 10.1. The van der Waals surface area contributed by atoms with Gasteiger partial charge in [0.25, 0.3) is 0 Å². The van der Waals surface area contributed by atoms with E-state index < -0.39 is 0 Å². The third-order valence-electron chi connectivity index (χ3n) is 2.26. The molecule has 1 aliphatic rings. The van der Waals surface area contributed by atoms with E-state index in [1.165, 1.54) is 29.0 Å². The first-order chi connectivity index (χ1) is 6.92. The summed E-state index contributed by atoms with van der Waals surface area (Å²) < 4.78 is 0. The number of aryl methyl sites for hydroxylation is 1. The molecule has 1 nitrogen and oxygen atoms in total. The third-order valence-corrected chi connectivity index (χ3v) is 3.24. The fourth-order valence-electron chi connectivity index (χ4n) is 1.63. The molecule has 0 aliphatic carbocycles. The van der Waals surface area contributed by atoms with Crippen molar-refractivity contribution in [2.45, 2.75) is 47.5 Å². The fourth-order valence-corrected chi connectivity index (χ4v) is 2.58. The van der Waals surface area contributed by atoms with Crippen LogP contribution in [-0.4, -0.2) is 12.3 Å². The molecule has 86 valence electrons. The van der Waals surface area contributed by atoms with E-state index >= 15 is 0 Å². The van der Waals surface area contributed by atoms with Gasteiger partial charge in [-0.1, -0.05) is 28.2 Å². The highest BCUT2D eigenvalue weighted by atomic mass is 32.1. The van der Waals surface area contributed by atoms with Crippen LogP contribution < -0.4 is 0 Å². The molecule has 0 amide bonds. The van der Waals surface area contributed by atoms with E-state index in [0.717, 1.165) is 13.0 Å². The summed E-state index contributed by atoms with van der Waals surface area (Å²) in [5, 5.41) is 2.18. The second kappa shape index (κ2) is 7.63. The van der Waals surface area contributed by atoms with Crippen LogP contribution in [0.15, 0.2) is 16.4 Å². The van der Waals surface area contributed by atoms with Crippen molar-refractivity contribution >= 4 is 17.0 Å². The van der Waals surface area contributed by atoms with Gasteiger partial charge in [0.05, 0.1) is 0 Å². The maximum Gasteiger partial charge on any atom is 0.0428 e. The van der Waals surface area contributed by atoms with Crippen LogP contribution in [0, 0.1) is 0 Å². The summed E-state index contributed by atoms with van der Waals surface area (Å²) in [5.41, 5.74) is 2.73. The van der Waals surface area contributed by atoms with Gasteiger partial charge in [-0.15, -0.1) is 11.3 Å². The molecular weight excluding hydrogens is 202 g/mol. The number of thiophene rings is 1. The molecule has 0 spiro atoms. The number of aliphatic imine (C=N–C) groups is 1. The molecule has 2 rings (SSSR count). The van der Waals surface area contributed by atoms with Crippen LogP contribution in [0.1, 0.15) is 51.5 Å². The third kappa shape index (κ3) is 3.45. The molecule has 15 heavy (non-hydrogen) atoms. The van der Waals surface area contributed by atoms with Crippen LogP contribution in [0.5, 0.6) is 0 Å². The number of hydrogen-bond acceptors (Lipinski definition) is 2. The largest absolute Gasteiger partial charge is 0.289 e. The molecule has 0 aromatic carbocycles. The Morgan fingerprint density at radius 1 is 1.40 bits per heavy atom. The summed E-state index contributed by atoms with van der Waals surface area (Å²) in [5.74, 6) is 0. The average molecular weight is 225 g/mol. The SMILES string of the molecule is C.CC.CCC1=NCCCc2sccc21. The minimum Gasteiger partial charge on any atom is -0.289 e. The molecule has 0 bridgehead atoms. The van der Waals surface area contributed by atoms with Gasteiger partial charge in [-0.25, -0.2) is 0 Å². The lowest BCUT2D eigenvalue weighted by Crippen LogP contribution is -1.98. The van der Waals surface area contributed by atoms with Crippen LogP contribution in [0.25, 0.3) is 0 Å². The van der Waals surface area contributed by atoms with Gasteiger partial charge in [0.1, 0.15) is 0 Å². The van der Waals surface area contributed by atoms with Crippen molar-refractivity contribution in [3.63, 3.8) is 0 Å². The van der Waals surface area contributed by atoms with Crippen LogP contribution in [0.4, 0.5) is 0 Å². The Hall–Kier alpha value is -0.630. The second-order valence-electron chi connectivity index (χ2n) is 3.04. The number of nitrogens with zero attached hydrogens (tertiary/aromatic N) is 1. The summed E-state index contributed by atoms with van der Waals surface area (Å²) in [6, 6.07) is 2.22. The van der Waals surface area contributed by atoms with Gasteiger partial charge in [-0.3, -0.25) is 4.99 Å². The standard InChI is InChI=1S/C10H13NS.C2H6.CH4/c1-2-9-8-5-7-12-10(8)4-3-6-11-9;1-2;/h5,7H,2-4,6H2,1H3;1-2H3;1H4. The van der Waals surface area contributed by atoms with Crippen molar-refractivity contribution in [1.29, 1.82) is 0 Å². The molecule has 0 N–H and O–H groups in total. The van der Waals surface area contributed by atoms with Crippen LogP contribution in [0.2, 0.25) is 0 Å². The molecule has 0 unspecified atom stereocenters. The Morgan fingerprint density at radius 3 is 2.80 bits per heavy atom. The predicted octanol–water partition coefficient (Wildman–Crippen LogP) is 4.56. The highest BCUT2D eigenvalue weighted by Gasteiger charge is 2.11. The lowest BCUT2D eigenvalue weighted by Gasteiger charge is -1.99. The van der Waals surface area contributed by atoms with Gasteiger partial charge in [0.2, 0.25) is 0 Å². The zero-order chi connectivity index (χ0) is 10.4. The quantitative estimate of drug-likeness (QED) is 0.664. The highest BCUT2D eigenvalue weighted by Crippen LogP contribution is 2.22. The smallest absolute Gasteiger partial charge is 0.0428 e. The van der Waals surface area contributed by atoms with Gasteiger partial charge >= 0.3 is 0 Å². The molecule has 1 aliphatic heterocycles. The normalized spacial score (nSPS) is 13.7. The first-order valence-corrected chi connectivity index (χ1v) is 6.40. The lowest BCUT2D eigenvalue weighted by molar-refractivity contribution is 0.853. The minimum absolute atomic E-state index is 0. The first-order valence-electron chi connectivity index (χ1n) is 5.52. The van der Waals surface area contributed by atoms with Gasteiger partial charge in [-0.2, -0.15) is 0 Å². The van der Waals surface area contributed by atoms with E-state index in [4.69, 9.17) is 0 Å². The average Bonchev–Trinajstić information content (AvgIpc) is 2.62. The van der Waals surface area contributed by atoms with E-state index in [1.54, 1.807) is 0 Å². The summed E-state index contributed by atoms with van der Waals surface area (Å²) in [4.78, 5) is 6.11. The summed E-state index contributed by atoms with van der Waals surface area (Å²) in [6.45, 7) is 7.20. The number of hydrogen-bond donors (Lipinski definition) is 0. The van der Waals surface area contributed by atoms with Gasteiger partial charge < -0.3 is 0 Å². The van der Waals surface area contributed by atoms with Gasteiger partial charge in [0, 0.05) is 22.7 Å². The maximum absolute atomic E-state index is 4.58. The van der Waals surface area contributed by atoms with E-state index in [1.807, 2.05) is 25.2 Å². The summed E-state index contributed by atoms with van der Waals surface area (Å²) in [6.07, 6.45) is 3.51. The van der Waals surface area contributed by atoms with Crippen molar-refractivity contribution in [1.82, 2.24) is 0 Å². The van der Waals surface area contributed by atoms with Gasteiger partial charge in [0.15, 0.2) is 0 Å². The molecule has 2 heteroatoms. The summed E-state index contributed by atoms with van der Waals surface area (Å²) >= 11 is 1.88. The molecule has 0 saturated heterocycles. The van der Waals surface area contributed by atoms with Gasteiger partial charge in [-0.05, 0) is 30.7 Å². The van der Waals surface area contributed by atoms with Crippen molar-refractivity contribution in [3.05, 3.63) is 21.9 Å². The Morgan fingerprint density at radius 2 is 2.13 bits per heavy atom. The van der Waals surface area contributed by atoms with Crippen LogP contribution >= 0.6 is 11.3 Å². The highest BCUT2D eigenvalue weighted by molar-refractivity contribution is 7.10. The van der Waals surface area contributed by atoms with Crippen molar-refractivity contribution < 1.29 is 0 Å². The summed E-state index contributed by atoms with van der Waals surface area (Å²) in [7, 11) is 0. The van der Waals surface area contributed by atoms with E-state index in [9.17, 15) is 0 Å². The molecule has 0 saturated carbocycles. The molecule has 2 heterocycles. The molecule has 1 aromatic heterocycles. The Balaban J connectivity index is 0.000000617. The Kier molecular flexibility index (Phi) is 7.31. The van der Waals surface area contributed by atoms with Crippen molar-refractivity contribution in [2.24, 2.45) is 4.99 Å². The van der Waals surface area contributed by atoms with E-state index in [0.29, 0.717) is 0 Å². The van der Waals surface area contributed by atoms with Crippen LogP contribution in [0.3, 0.4) is 0 Å². The molecule has 0 radical (unpaired) electrons. The fraction of sp³-hybridized carbons (Fsp3) is 0.615. The monoisotopic (exact) mass is 225 g/mol. The molecule has 1 aromatic rings. The zero-order valence-corrected chi connectivity index (χ0v) is 10.2. The van der Waals surface area contributed by atoms with Crippen molar-refractivity contribution in [3.8, 4) is 0 Å². The minimum atomic E-state index is 0. The topological polar surface area (TPSA) is 12.4 Å².